The minimum absolute atomic E-state index is 0.257. The van der Waals surface area contributed by atoms with Gasteiger partial charge in [-0.25, -0.2) is 9.48 Å². The van der Waals surface area contributed by atoms with Crippen LogP contribution in [0, 0.1) is 0 Å². The summed E-state index contributed by atoms with van der Waals surface area (Å²) in [4.78, 5) is 24.0. The zero-order valence-corrected chi connectivity index (χ0v) is 16.2. The average molecular weight is 391 g/mol. The average Bonchev–Trinajstić information content (AvgIpc) is 3.25. The number of para-hydroxylation sites is 1. The maximum Gasteiger partial charge on any atom is 0.341 e. The summed E-state index contributed by atoms with van der Waals surface area (Å²) in [6.45, 7) is 0.264. The highest BCUT2D eigenvalue weighted by molar-refractivity contribution is 5.93. The Morgan fingerprint density at radius 1 is 1.14 bits per heavy atom. The molecule has 1 N–H and O–H groups in total. The van der Waals surface area contributed by atoms with Crippen LogP contribution >= 0.6 is 0 Å². The lowest BCUT2D eigenvalue weighted by molar-refractivity contribution is -0.116. The van der Waals surface area contributed by atoms with Crippen molar-refractivity contribution in [2.24, 2.45) is 0 Å². The van der Waals surface area contributed by atoms with Gasteiger partial charge in [0.25, 0.3) is 0 Å². The molecule has 0 aliphatic heterocycles. The number of aromatic nitrogens is 2. The van der Waals surface area contributed by atoms with Crippen LogP contribution in [0.4, 0.5) is 0 Å². The second-order valence-electron chi connectivity index (χ2n) is 6.13. The summed E-state index contributed by atoms with van der Waals surface area (Å²) >= 11 is 0. The predicted octanol–water partition coefficient (Wildman–Crippen LogP) is 3.00. The molecule has 0 fully saturated rings. The van der Waals surface area contributed by atoms with Gasteiger partial charge < -0.3 is 14.8 Å². The lowest BCUT2D eigenvalue weighted by Crippen LogP contribution is -2.20. The van der Waals surface area contributed by atoms with E-state index in [0.717, 1.165) is 16.8 Å². The summed E-state index contributed by atoms with van der Waals surface area (Å²) in [5.41, 5.74) is 2.81. The second kappa shape index (κ2) is 9.36. The molecule has 0 bridgehead atoms. The highest BCUT2D eigenvalue weighted by Gasteiger charge is 2.13. The lowest BCUT2D eigenvalue weighted by atomic mass is 10.1. The molecule has 3 aromatic rings. The smallest absolute Gasteiger partial charge is 0.341 e. The quantitative estimate of drug-likeness (QED) is 0.495. The van der Waals surface area contributed by atoms with Crippen molar-refractivity contribution in [2.45, 2.75) is 6.54 Å². The lowest BCUT2D eigenvalue weighted by Gasteiger charge is -2.09. The Kier molecular flexibility index (Phi) is 6.42. The minimum atomic E-state index is -0.495. The predicted molar refractivity (Wildman–Crippen MR) is 109 cm³/mol. The first kappa shape index (κ1) is 19.9. The van der Waals surface area contributed by atoms with Crippen molar-refractivity contribution >= 4 is 18.0 Å². The van der Waals surface area contributed by atoms with Gasteiger partial charge in [-0.15, -0.1) is 0 Å². The maximum absolute atomic E-state index is 12.1. The van der Waals surface area contributed by atoms with E-state index in [1.807, 2.05) is 36.5 Å². The number of rotatable bonds is 7. The number of ether oxygens (including phenoxy) is 2. The van der Waals surface area contributed by atoms with Crippen LogP contribution < -0.4 is 10.1 Å². The summed E-state index contributed by atoms with van der Waals surface area (Å²) in [5.74, 6) is -0.333. The van der Waals surface area contributed by atoms with Crippen molar-refractivity contribution in [3.63, 3.8) is 0 Å². The number of hydrogen-bond donors (Lipinski definition) is 1. The summed E-state index contributed by atoms with van der Waals surface area (Å²) in [5, 5.41) is 7.07. The van der Waals surface area contributed by atoms with Crippen LogP contribution in [-0.2, 0) is 16.1 Å². The molecular formula is C22H21N3O4. The molecule has 1 aromatic heterocycles. The standard InChI is InChI=1S/C22H21N3O4/c1-28-20-10-8-16(12-19(20)22(27)29-2)13-23-21(26)11-9-17-14-24-25(15-17)18-6-4-3-5-7-18/h3-12,14-15H,13H2,1-2H3,(H,23,26)/b11-9+. The zero-order valence-electron chi connectivity index (χ0n) is 16.2. The Bertz CT molecular complexity index is 1030. The topological polar surface area (TPSA) is 82.5 Å². The van der Waals surface area contributed by atoms with Gasteiger partial charge in [-0.1, -0.05) is 24.3 Å². The van der Waals surface area contributed by atoms with Crippen LogP contribution in [0.2, 0.25) is 0 Å². The van der Waals surface area contributed by atoms with E-state index in [2.05, 4.69) is 10.4 Å². The molecule has 3 rings (SSSR count). The molecule has 0 atom stereocenters. The molecule has 2 aromatic carbocycles. The Morgan fingerprint density at radius 3 is 2.66 bits per heavy atom. The summed E-state index contributed by atoms with van der Waals surface area (Å²) in [7, 11) is 2.79. The molecule has 0 aliphatic carbocycles. The monoisotopic (exact) mass is 391 g/mol. The van der Waals surface area contributed by atoms with Gasteiger partial charge in [0.15, 0.2) is 0 Å². The van der Waals surface area contributed by atoms with Crippen LogP contribution in [0.15, 0.2) is 67.0 Å². The van der Waals surface area contributed by atoms with Gasteiger partial charge in [0.05, 0.1) is 26.1 Å². The number of methoxy groups -OCH3 is 2. The third-order valence-corrected chi connectivity index (χ3v) is 4.19. The molecule has 0 saturated carbocycles. The number of nitrogens with zero attached hydrogens (tertiary/aromatic N) is 2. The van der Waals surface area contributed by atoms with Crippen LogP contribution in [0.25, 0.3) is 11.8 Å². The fraction of sp³-hybridized carbons (Fsp3) is 0.136. The highest BCUT2D eigenvalue weighted by atomic mass is 16.5. The highest BCUT2D eigenvalue weighted by Crippen LogP contribution is 2.20. The SMILES string of the molecule is COC(=O)c1cc(CNC(=O)/C=C/c2cnn(-c3ccccc3)c2)ccc1OC. The van der Waals surface area contributed by atoms with E-state index in [9.17, 15) is 9.59 Å². The normalized spacial score (nSPS) is 10.7. The summed E-state index contributed by atoms with van der Waals surface area (Å²) < 4.78 is 11.7. The molecular weight excluding hydrogens is 370 g/mol. The Morgan fingerprint density at radius 2 is 1.93 bits per heavy atom. The molecule has 0 saturated heterocycles. The van der Waals surface area contributed by atoms with Gasteiger partial charge in [0.1, 0.15) is 11.3 Å². The van der Waals surface area contributed by atoms with Crippen molar-refractivity contribution in [1.29, 1.82) is 0 Å². The van der Waals surface area contributed by atoms with Gasteiger partial charge in [-0.2, -0.15) is 5.10 Å². The number of esters is 1. The molecule has 0 aliphatic rings. The Hall–Kier alpha value is -3.87. The van der Waals surface area contributed by atoms with Crippen molar-refractivity contribution in [2.75, 3.05) is 14.2 Å². The number of hydrogen-bond acceptors (Lipinski definition) is 5. The van der Waals surface area contributed by atoms with Gasteiger partial charge in [0.2, 0.25) is 5.91 Å². The molecule has 7 heteroatoms. The molecule has 7 nitrogen and oxygen atoms in total. The summed E-state index contributed by atoms with van der Waals surface area (Å²) in [6, 6.07) is 14.8. The first-order valence-corrected chi connectivity index (χ1v) is 8.92. The third-order valence-electron chi connectivity index (χ3n) is 4.19. The molecule has 1 amide bonds. The van der Waals surface area contributed by atoms with Gasteiger partial charge in [-0.05, 0) is 35.9 Å². The number of nitrogens with one attached hydrogen (secondary N) is 1. The Balaban J connectivity index is 1.60. The number of carbonyl (C=O) groups excluding carboxylic acids is 2. The second-order valence-corrected chi connectivity index (χ2v) is 6.13. The largest absolute Gasteiger partial charge is 0.496 e. The van der Waals surface area contributed by atoms with Crippen LogP contribution in [0.5, 0.6) is 5.75 Å². The van der Waals surface area contributed by atoms with E-state index in [4.69, 9.17) is 9.47 Å². The van der Waals surface area contributed by atoms with Gasteiger partial charge in [-0.3, -0.25) is 4.79 Å². The molecule has 0 radical (unpaired) electrons. The van der Waals surface area contributed by atoms with E-state index >= 15 is 0 Å². The number of amides is 1. The first-order chi connectivity index (χ1) is 14.1. The van der Waals surface area contributed by atoms with Crippen molar-refractivity contribution in [1.82, 2.24) is 15.1 Å². The number of benzene rings is 2. The van der Waals surface area contributed by atoms with Crippen LogP contribution in [0.3, 0.4) is 0 Å². The Labute approximate surface area is 168 Å². The van der Waals surface area contributed by atoms with E-state index < -0.39 is 5.97 Å². The van der Waals surface area contributed by atoms with E-state index in [1.54, 1.807) is 35.2 Å². The van der Waals surface area contributed by atoms with Crippen LogP contribution in [-0.4, -0.2) is 35.9 Å². The fourth-order valence-corrected chi connectivity index (χ4v) is 2.70. The van der Waals surface area contributed by atoms with E-state index in [0.29, 0.717) is 11.3 Å². The van der Waals surface area contributed by atoms with Gasteiger partial charge in [0, 0.05) is 24.4 Å². The van der Waals surface area contributed by atoms with E-state index in [-0.39, 0.29) is 12.5 Å². The third kappa shape index (κ3) is 5.10. The van der Waals surface area contributed by atoms with Crippen LogP contribution in [0.1, 0.15) is 21.5 Å². The first-order valence-electron chi connectivity index (χ1n) is 8.92. The van der Waals surface area contributed by atoms with E-state index in [1.165, 1.54) is 20.3 Å². The fourth-order valence-electron chi connectivity index (χ4n) is 2.70. The molecule has 29 heavy (non-hydrogen) atoms. The van der Waals surface area contributed by atoms with Crippen molar-refractivity contribution in [3.8, 4) is 11.4 Å². The maximum atomic E-state index is 12.1. The molecule has 0 spiro atoms. The van der Waals surface area contributed by atoms with Crippen molar-refractivity contribution < 1.29 is 19.1 Å². The summed E-state index contributed by atoms with van der Waals surface area (Å²) in [6.07, 6.45) is 6.65. The number of carbonyl (C=O) groups is 2. The molecule has 1 heterocycles. The zero-order chi connectivity index (χ0) is 20.6. The minimum Gasteiger partial charge on any atom is -0.496 e. The van der Waals surface area contributed by atoms with Gasteiger partial charge >= 0.3 is 5.97 Å². The van der Waals surface area contributed by atoms with Crippen molar-refractivity contribution in [3.05, 3.63) is 83.7 Å². The molecule has 0 unspecified atom stereocenters. The molecule has 148 valence electrons.